The van der Waals surface area contributed by atoms with Crippen LogP contribution in [0.25, 0.3) is 11.1 Å². The minimum atomic E-state index is -0.503. The Bertz CT molecular complexity index is 1630. The maximum absolute atomic E-state index is 13.8. The lowest BCUT2D eigenvalue weighted by Crippen LogP contribution is -2.30. The minimum Gasteiger partial charge on any atom is -0.491 e. The highest BCUT2D eigenvalue weighted by molar-refractivity contribution is 6.31. The van der Waals surface area contributed by atoms with Crippen LogP contribution in [-0.2, 0) is 24.8 Å². The van der Waals surface area contributed by atoms with E-state index in [2.05, 4.69) is 10.3 Å². The third kappa shape index (κ3) is 5.10. The van der Waals surface area contributed by atoms with Gasteiger partial charge in [-0.3, -0.25) is 15.0 Å². The van der Waals surface area contributed by atoms with Crippen LogP contribution >= 0.6 is 11.6 Å². The summed E-state index contributed by atoms with van der Waals surface area (Å²) in [6, 6.07) is 11.4. The van der Waals surface area contributed by atoms with E-state index >= 15 is 0 Å². The first-order valence-corrected chi connectivity index (χ1v) is 12.4. The molecule has 194 valence electrons. The van der Waals surface area contributed by atoms with Gasteiger partial charge in [0.15, 0.2) is 5.78 Å². The van der Waals surface area contributed by atoms with E-state index in [9.17, 15) is 14.0 Å². The van der Waals surface area contributed by atoms with Gasteiger partial charge in [0.1, 0.15) is 17.4 Å². The van der Waals surface area contributed by atoms with E-state index in [4.69, 9.17) is 21.7 Å². The molecule has 0 fully saturated rings. The Balaban J connectivity index is 1.57. The number of ether oxygens (including phenoxy) is 1. The Kier molecular flexibility index (Phi) is 6.86. The molecule has 2 aromatic heterocycles. The van der Waals surface area contributed by atoms with Gasteiger partial charge < -0.3 is 19.2 Å². The van der Waals surface area contributed by atoms with Gasteiger partial charge >= 0.3 is 0 Å². The molecule has 1 aliphatic heterocycles. The second-order valence-electron chi connectivity index (χ2n) is 9.30. The Labute approximate surface area is 223 Å². The number of benzene rings is 2. The van der Waals surface area contributed by atoms with Crippen LogP contribution in [0.5, 0.6) is 5.75 Å². The summed E-state index contributed by atoms with van der Waals surface area (Å²) in [4.78, 5) is 29.5. The Morgan fingerprint density at radius 2 is 2.00 bits per heavy atom. The van der Waals surface area contributed by atoms with Crippen molar-refractivity contribution >= 4 is 29.1 Å². The highest BCUT2D eigenvalue weighted by Gasteiger charge is 2.32. The molecule has 4 aromatic rings. The van der Waals surface area contributed by atoms with E-state index in [0.717, 1.165) is 11.1 Å². The van der Waals surface area contributed by atoms with Crippen molar-refractivity contribution in [1.82, 2.24) is 14.1 Å². The first-order valence-electron chi connectivity index (χ1n) is 12.0. The third-order valence-electron chi connectivity index (χ3n) is 6.50. The summed E-state index contributed by atoms with van der Waals surface area (Å²) in [7, 11) is 1.79. The maximum atomic E-state index is 13.8. The molecule has 0 saturated carbocycles. The van der Waals surface area contributed by atoms with Gasteiger partial charge in [-0.25, -0.2) is 9.37 Å². The fraction of sp³-hybridized carbons (Fsp3) is 0.214. The summed E-state index contributed by atoms with van der Waals surface area (Å²) in [6.45, 7) is 1.91. The van der Waals surface area contributed by atoms with Crippen molar-refractivity contribution in [2.75, 3.05) is 11.9 Å². The van der Waals surface area contributed by atoms with E-state index in [0.29, 0.717) is 46.8 Å². The SMILES string of the molecule is CC(=O)Nc1cc(-c2cc(Cn3ccn(C)c3=N)cc3c2OC[C@@H](Cc2ccc(F)cc2Cl)C3=O)ccn1. The van der Waals surface area contributed by atoms with E-state index in [1.807, 2.05) is 6.07 Å². The van der Waals surface area contributed by atoms with Gasteiger partial charge in [-0.15, -0.1) is 0 Å². The molecule has 2 aromatic carbocycles. The first kappa shape index (κ1) is 25.4. The lowest BCUT2D eigenvalue weighted by molar-refractivity contribution is -0.114. The number of aromatic nitrogens is 3. The average molecular weight is 534 g/mol. The van der Waals surface area contributed by atoms with Crippen molar-refractivity contribution in [2.45, 2.75) is 19.9 Å². The normalized spacial score (nSPS) is 14.6. The van der Waals surface area contributed by atoms with Crippen molar-refractivity contribution < 1.29 is 18.7 Å². The number of pyridine rings is 1. The molecular formula is C28H25ClFN5O3. The van der Waals surface area contributed by atoms with Crippen LogP contribution in [0, 0.1) is 17.1 Å². The van der Waals surface area contributed by atoms with Crippen LogP contribution in [0.15, 0.2) is 61.1 Å². The van der Waals surface area contributed by atoms with Crippen LogP contribution in [-0.4, -0.2) is 32.4 Å². The zero-order valence-corrected chi connectivity index (χ0v) is 21.6. The molecule has 38 heavy (non-hydrogen) atoms. The lowest BCUT2D eigenvalue weighted by Gasteiger charge is -2.27. The summed E-state index contributed by atoms with van der Waals surface area (Å²) < 4.78 is 23.2. The molecule has 0 bridgehead atoms. The van der Waals surface area contributed by atoms with Crippen LogP contribution in [0.2, 0.25) is 5.02 Å². The fourth-order valence-electron chi connectivity index (χ4n) is 4.61. The smallest absolute Gasteiger partial charge is 0.222 e. The van der Waals surface area contributed by atoms with Crippen molar-refractivity contribution in [3.05, 3.63) is 94.2 Å². The van der Waals surface area contributed by atoms with E-state index in [-0.39, 0.29) is 23.3 Å². The highest BCUT2D eigenvalue weighted by Crippen LogP contribution is 2.40. The fourth-order valence-corrected chi connectivity index (χ4v) is 4.86. The summed E-state index contributed by atoms with van der Waals surface area (Å²) in [6.07, 6.45) is 5.49. The van der Waals surface area contributed by atoms with Gasteiger partial charge in [-0.2, -0.15) is 0 Å². The van der Waals surface area contributed by atoms with Gasteiger partial charge in [0.05, 0.1) is 24.6 Å². The third-order valence-corrected chi connectivity index (χ3v) is 6.85. The summed E-state index contributed by atoms with van der Waals surface area (Å²) in [5, 5.41) is 11.3. The zero-order chi connectivity index (χ0) is 27.0. The van der Waals surface area contributed by atoms with Crippen molar-refractivity contribution in [2.24, 2.45) is 13.0 Å². The number of imidazole rings is 1. The number of ketones is 1. The number of nitrogens with zero attached hydrogens (tertiary/aromatic N) is 3. The van der Waals surface area contributed by atoms with Crippen molar-refractivity contribution in [1.29, 1.82) is 5.41 Å². The topological polar surface area (TPSA) is 102 Å². The van der Waals surface area contributed by atoms with Crippen LogP contribution < -0.4 is 15.7 Å². The number of nitrogens with one attached hydrogen (secondary N) is 2. The second kappa shape index (κ2) is 10.3. The van der Waals surface area contributed by atoms with Gasteiger partial charge in [-0.05, 0) is 59.5 Å². The van der Waals surface area contributed by atoms with Crippen LogP contribution in [0.4, 0.5) is 10.2 Å². The quantitative estimate of drug-likeness (QED) is 0.378. The summed E-state index contributed by atoms with van der Waals surface area (Å²) in [5.74, 6) is -0.460. The van der Waals surface area contributed by atoms with Crippen LogP contribution in [0.1, 0.15) is 28.4 Å². The summed E-state index contributed by atoms with van der Waals surface area (Å²) >= 11 is 6.23. The number of rotatable bonds is 6. The van der Waals surface area contributed by atoms with E-state index in [1.54, 1.807) is 59.0 Å². The second-order valence-corrected chi connectivity index (χ2v) is 9.71. The van der Waals surface area contributed by atoms with Crippen molar-refractivity contribution in [3.63, 3.8) is 0 Å². The van der Waals surface area contributed by atoms with Gasteiger partial charge in [0.25, 0.3) is 0 Å². The first-order chi connectivity index (χ1) is 18.2. The van der Waals surface area contributed by atoms with Gasteiger partial charge in [0.2, 0.25) is 11.5 Å². The number of Topliss-reactive ketones (excluding diaryl/α,β-unsaturated/α-hetero) is 1. The molecule has 8 nitrogen and oxygen atoms in total. The molecule has 0 spiro atoms. The number of carbonyl (C=O) groups excluding carboxylic acids is 2. The number of fused-ring (bicyclic) bond motifs is 1. The number of halogens is 2. The predicted molar refractivity (Wildman–Crippen MR) is 141 cm³/mol. The monoisotopic (exact) mass is 533 g/mol. The lowest BCUT2D eigenvalue weighted by atomic mass is 9.86. The van der Waals surface area contributed by atoms with Crippen LogP contribution in [0.3, 0.4) is 0 Å². The number of carbonyl (C=O) groups is 2. The average Bonchev–Trinajstić information content (AvgIpc) is 3.19. The molecule has 5 rings (SSSR count). The Morgan fingerprint density at radius 3 is 2.71 bits per heavy atom. The Hall–Kier alpha value is -4.24. The molecule has 1 atom stereocenters. The molecule has 1 amide bonds. The predicted octanol–water partition coefficient (Wildman–Crippen LogP) is 4.60. The largest absolute Gasteiger partial charge is 0.491 e. The molecule has 3 heterocycles. The molecule has 0 unspecified atom stereocenters. The maximum Gasteiger partial charge on any atom is 0.222 e. The number of anilines is 1. The molecule has 2 N–H and O–H groups in total. The van der Waals surface area contributed by atoms with Gasteiger partial charge in [-0.1, -0.05) is 17.7 Å². The Morgan fingerprint density at radius 1 is 1.21 bits per heavy atom. The molecule has 10 heteroatoms. The summed E-state index contributed by atoms with van der Waals surface area (Å²) in [5.41, 5.74) is 3.61. The highest BCUT2D eigenvalue weighted by atomic mass is 35.5. The molecule has 1 aliphatic rings. The van der Waals surface area contributed by atoms with E-state index in [1.165, 1.54) is 19.1 Å². The zero-order valence-electron chi connectivity index (χ0n) is 20.8. The minimum absolute atomic E-state index is 0.102. The van der Waals surface area contributed by atoms with Crippen molar-refractivity contribution in [3.8, 4) is 16.9 Å². The molecular weight excluding hydrogens is 509 g/mol. The standard InChI is InChI=1S/C28H25ClFN5O3/c1-16(36)33-25-12-18(5-6-32-25)22-9-17(14-35-8-7-34(2)28(35)31)10-23-26(37)20(15-38-27(22)23)11-19-3-4-21(30)13-24(19)29/h3-10,12-13,20,31H,11,14-15H2,1-2H3,(H,32,33,36)/t20-/m1/s1. The molecule has 0 radical (unpaired) electrons. The number of aryl methyl sites for hydroxylation is 1. The van der Waals surface area contributed by atoms with E-state index < -0.39 is 11.7 Å². The number of hydrogen-bond acceptors (Lipinski definition) is 5. The number of hydrogen-bond donors (Lipinski definition) is 2. The van der Waals surface area contributed by atoms with Gasteiger partial charge in [0, 0.05) is 43.1 Å². The molecule has 0 aliphatic carbocycles. The number of amides is 1. The molecule has 0 saturated heterocycles.